The van der Waals surface area contributed by atoms with Gasteiger partial charge in [-0.2, -0.15) is 0 Å². The number of anilines is 1. The number of hydrogen-bond acceptors (Lipinski definition) is 6. The van der Waals surface area contributed by atoms with Crippen LogP contribution in [0.2, 0.25) is 0 Å². The zero-order valence-corrected chi connectivity index (χ0v) is 17.9. The molecule has 0 unspecified atom stereocenters. The number of ether oxygens (including phenoxy) is 1. The van der Waals surface area contributed by atoms with Gasteiger partial charge in [0.25, 0.3) is 0 Å². The van der Waals surface area contributed by atoms with Gasteiger partial charge in [-0.1, -0.05) is 54.9 Å². The van der Waals surface area contributed by atoms with E-state index in [9.17, 15) is 4.79 Å². The molecular weight excluding hydrogens is 396 g/mol. The molecule has 1 heterocycles. The van der Waals surface area contributed by atoms with Crippen LogP contribution in [0.1, 0.15) is 31.2 Å². The topological polar surface area (TPSA) is 66.3 Å². The molecule has 1 amide bonds. The summed E-state index contributed by atoms with van der Waals surface area (Å²) in [5, 5.41) is 3.92. The van der Waals surface area contributed by atoms with Gasteiger partial charge in [-0.25, -0.2) is 9.98 Å². The molecule has 0 saturated heterocycles. The van der Waals surface area contributed by atoms with Gasteiger partial charge in [0, 0.05) is 17.3 Å². The maximum Gasteiger partial charge on any atom is 0.230 e. The minimum absolute atomic E-state index is 0.0630. The fourth-order valence-corrected chi connectivity index (χ4v) is 4.48. The zero-order chi connectivity index (χ0) is 20.8. The Hall–Kier alpha value is -2.80. The van der Waals surface area contributed by atoms with Gasteiger partial charge < -0.3 is 15.0 Å². The Kier molecular flexibility index (Phi) is 6.69. The lowest BCUT2D eigenvalue weighted by molar-refractivity contribution is -0.119. The largest absolute Gasteiger partial charge is 0.497 e. The predicted molar refractivity (Wildman–Crippen MR) is 124 cm³/mol. The fourth-order valence-electron chi connectivity index (χ4n) is 3.66. The number of thioether (sulfide) groups is 1. The number of amides is 1. The fraction of sp³-hybridized carbons (Fsp3) is 0.348. The van der Waals surface area contributed by atoms with Crippen molar-refractivity contribution in [2.45, 2.75) is 31.7 Å². The molecule has 156 valence electrons. The number of nitrogens with one attached hydrogen (secondary N) is 1. The van der Waals surface area contributed by atoms with Gasteiger partial charge >= 0.3 is 0 Å². The van der Waals surface area contributed by atoms with Gasteiger partial charge in [0.15, 0.2) is 11.0 Å². The van der Waals surface area contributed by atoms with Crippen molar-refractivity contribution in [3.05, 3.63) is 60.2 Å². The van der Waals surface area contributed by atoms with Crippen molar-refractivity contribution in [3.63, 3.8) is 0 Å². The molecule has 1 aliphatic carbocycles. The van der Waals surface area contributed by atoms with Gasteiger partial charge in [-0.05, 0) is 37.1 Å². The molecule has 4 rings (SSSR count). The van der Waals surface area contributed by atoms with Crippen molar-refractivity contribution in [3.8, 4) is 5.75 Å². The third-order valence-corrected chi connectivity index (χ3v) is 6.24. The molecule has 0 aromatic heterocycles. The van der Waals surface area contributed by atoms with E-state index in [1.165, 1.54) is 24.6 Å². The van der Waals surface area contributed by atoms with Crippen molar-refractivity contribution in [1.82, 2.24) is 5.32 Å². The van der Waals surface area contributed by atoms with E-state index < -0.39 is 0 Å². The van der Waals surface area contributed by atoms with Crippen LogP contribution >= 0.6 is 11.8 Å². The molecular formula is C23H26N4O2S. The lowest BCUT2D eigenvalue weighted by Gasteiger charge is -2.27. The Morgan fingerprint density at radius 2 is 1.87 bits per heavy atom. The van der Waals surface area contributed by atoms with Gasteiger partial charge in [0.2, 0.25) is 5.91 Å². The molecule has 0 spiro atoms. The van der Waals surface area contributed by atoms with Crippen molar-refractivity contribution < 1.29 is 9.53 Å². The third kappa shape index (κ3) is 5.02. The first-order chi connectivity index (χ1) is 14.7. The summed E-state index contributed by atoms with van der Waals surface area (Å²) in [5.41, 5.74) is 1.94. The van der Waals surface area contributed by atoms with Gasteiger partial charge in [-0.3, -0.25) is 4.79 Å². The summed E-state index contributed by atoms with van der Waals surface area (Å²) in [5.74, 6) is 1.89. The van der Waals surface area contributed by atoms with Crippen LogP contribution in [-0.4, -0.2) is 42.5 Å². The number of nitrogens with zero attached hydrogens (tertiary/aromatic N) is 3. The highest BCUT2D eigenvalue weighted by atomic mass is 32.2. The van der Waals surface area contributed by atoms with Gasteiger partial charge in [-0.15, -0.1) is 0 Å². The second-order valence-corrected chi connectivity index (χ2v) is 8.29. The summed E-state index contributed by atoms with van der Waals surface area (Å²) in [6, 6.07) is 18.1. The van der Waals surface area contributed by atoms with E-state index in [2.05, 4.69) is 10.3 Å². The van der Waals surface area contributed by atoms with Crippen LogP contribution in [0.3, 0.4) is 0 Å². The molecule has 1 fully saturated rings. The molecule has 1 saturated carbocycles. The Morgan fingerprint density at radius 1 is 1.13 bits per heavy atom. The molecule has 0 atom stereocenters. The second-order valence-electron chi connectivity index (χ2n) is 7.35. The summed E-state index contributed by atoms with van der Waals surface area (Å²) in [6.07, 6.45) is 4.57. The average Bonchev–Trinajstić information content (AvgIpc) is 3.31. The molecule has 0 radical (unpaired) electrons. The molecule has 2 aromatic rings. The summed E-state index contributed by atoms with van der Waals surface area (Å²) < 4.78 is 5.27. The molecule has 7 heteroatoms. The summed E-state index contributed by atoms with van der Waals surface area (Å²) in [7, 11) is 1.65. The van der Waals surface area contributed by atoms with E-state index >= 15 is 0 Å². The smallest absolute Gasteiger partial charge is 0.230 e. The Morgan fingerprint density at radius 3 is 2.57 bits per heavy atom. The SMILES string of the molecule is COc1ccc(N2CN=C(c3ccccc3)N=C2SCC(=O)NC2CCCC2)cc1. The van der Waals surface area contributed by atoms with E-state index in [1.54, 1.807) is 7.11 Å². The molecule has 1 aliphatic heterocycles. The number of carbonyl (C=O) groups is 1. The predicted octanol–water partition coefficient (Wildman–Crippen LogP) is 4.07. The monoisotopic (exact) mass is 422 g/mol. The molecule has 6 nitrogen and oxygen atoms in total. The third-order valence-electron chi connectivity index (χ3n) is 5.26. The molecule has 1 N–H and O–H groups in total. The highest BCUT2D eigenvalue weighted by molar-refractivity contribution is 8.14. The van der Waals surface area contributed by atoms with Crippen LogP contribution in [0, 0.1) is 0 Å². The summed E-state index contributed by atoms with van der Waals surface area (Å²) >= 11 is 1.45. The summed E-state index contributed by atoms with van der Waals surface area (Å²) in [6.45, 7) is 0.451. The van der Waals surface area contributed by atoms with E-state index in [1.807, 2.05) is 59.5 Å². The normalized spacial score (nSPS) is 16.8. The minimum atomic E-state index is 0.0630. The van der Waals surface area contributed by atoms with E-state index in [-0.39, 0.29) is 5.91 Å². The number of hydrogen-bond donors (Lipinski definition) is 1. The van der Waals surface area contributed by atoms with Crippen LogP contribution in [0.5, 0.6) is 5.75 Å². The lowest BCUT2D eigenvalue weighted by Crippen LogP contribution is -2.37. The first kappa shape index (κ1) is 20.5. The highest BCUT2D eigenvalue weighted by Gasteiger charge is 2.23. The van der Waals surface area contributed by atoms with Crippen LogP contribution in [-0.2, 0) is 4.79 Å². The Labute approximate surface area is 181 Å². The van der Waals surface area contributed by atoms with Crippen LogP contribution in [0.4, 0.5) is 5.69 Å². The first-order valence-corrected chi connectivity index (χ1v) is 11.2. The number of carbonyl (C=O) groups excluding carboxylic acids is 1. The number of benzene rings is 2. The van der Waals surface area contributed by atoms with Crippen LogP contribution in [0.25, 0.3) is 0 Å². The number of methoxy groups -OCH3 is 1. The zero-order valence-electron chi connectivity index (χ0n) is 17.1. The van der Waals surface area contributed by atoms with Crippen molar-refractivity contribution in [2.75, 3.05) is 24.4 Å². The Bertz CT molecular complexity index is 922. The average molecular weight is 423 g/mol. The molecule has 2 aliphatic rings. The van der Waals surface area contributed by atoms with Crippen LogP contribution in [0.15, 0.2) is 64.6 Å². The number of rotatable bonds is 6. The first-order valence-electron chi connectivity index (χ1n) is 10.3. The quantitative estimate of drug-likeness (QED) is 0.762. The van der Waals surface area contributed by atoms with E-state index in [0.717, 1.165) is 35.0 Å². The van der Waals surface area contributed by atoms with Crippen molar-refractivity contribution in [1.29, 1.82) is 0 Å². The van der Waals surface area contributed by atoms with Gasteiger partial charge in [0.1, 0.15) is 12.4 Å². The minimum Gasteiger partial charge on any atom is -0.497 e. The van der Waals surface area contributed by atoms with Crippen molar-refractivity contribution >= 4 is 34.4 Å². The molecule has 0 bridgehead atoms. The van der Waals surface area contributed by atoms with Crippen LogP contribution < -0.4 is 15.0 Å². The number of aliphatic imine (C=N–C) groups is 2. The van der Waals surface area contributed by atoms with Crippen molar-refractivity contribution in [2.24, 2.45) is 9.98 Å². The van der Waals surface area contributed by atoms with E-state index in [4.69, 9.17) is 9.73 Å². The molecule has 30 heavy (non-hydrogen) atoms. The van der Waals surface area contributed by atoms with Gasteiger partial charge in [0.05, 0.1) is 12.9 Å². The number of amidine groups is 2. The molecule has 2 aromatic carbocycles. The van der Waals surface area contributed by atoms with E-state index in [0.29, 0.717) is 24.3 Å². The second kappa shape index (κ2) is 9.80. The Balaban J connectivity index is 1.51. The lowest BCUT2D eigenvalue weighted by atomic mass is 10.2. The standard InChI is InChI=1S/C23H26N4O2S/c1-29-20-13-11-19(12-14-20)27-16-24-22(17-7-3-2-4-8-17)26-23(27)30-15-21(28)25-18-9-5-6-10-18/h2-4,7-8,11-14,18H,5-6,9-10,15-16H2,1H3,(H,25,28). The maximum atomic E-state index is 12.5. The summed E-state index contributed by atoms with van der Waals surface area (Å²) in [4.78, 5) is 24.0. The highest BCUT2D eigenvalue weighted by Crippen LogP contribution is 2.26. The maximum absolute atomic E-state index is 12.5.